The molecule has 0 spiro atoms. The number of carbonyl (C=O) groups is 1. The maximum atomic E-state index is 10.6. The van der Waals surface area contributed by atoms with Crippen LogP contribution < -0.4 is 21.5 Å². The Morgan fingerprint density at radius 1 is 1.26 bits per heavy atom. The fraction of sp³-hybridized carbons (Fsp3) is 0.286. The second kappa shape index (κ2) is 13.7. The number of rotatable bonds is 4. The molecular formula is C21H30ClN3O2. The Hall–Kier alpha value is -2.50. The number of hydrogen-bond acceptors (Lipinski definition) is 5. The first-order chi connectivity index (χ1) is 12.9. The van der Waals surface area contributed by atoms with E-state index in [1.807, 2.05) is 63.4 Å². The molecule has 0 aromatic heterocycles. The molecule has 6 heteroatoms. The summed E-state index contributed by atoms with van der Waals surface area (Å²) in [6.45, 7) is 6.35. The molecule has 0 radical (unpaired) electrons. The molecule has 148 valence electrons. The van der Waals surface area contributed by atoms with Gasteiger partial charge in [-0.2, -0.15) is 0 Å². The third-order valence-electron chi connectivity index (χ3n) is 3.40. The molecule has 0 aliphatic rings. The van der Waals surface area contributed by atoms with E-state index in [2.05, 4.69) is 5.32 Å². The minimum Gasteiger partial charge on any atom is -0.495 e. The van der Waals surface area contributed by atoms with Crippen LogP contribution in [0, 0.1) is 6.92 Å². The molecule has 2 rings (SSSR count). The highest BCUT2D eigenvalue weighted by Gasteiger charge is 2.05. The Kier molecular flexibility index (Phi) is 12.4. The first kappa shape index (κ1) is 24.5. The van der Waals surface area contributed by atoms with Crippen LogP contribution in [0.15, 0.2) is 48.0 Å². The van der Waals surface area contributed by atoms with Crippen molar-refractivity contribution in [3.05, 3.63) is 64.2 Å². The van der Waals surface area contributed by atoms with Crippen molar-refractivity contribution in [2.45, 2.75) is 20.8 Å². The summed E-state index contributed by atoms with van der Waals surface area (Å²) < 4.78 is 4.97. The van der Waals surface area contributed by atoms with Crippen molar-refractivity contribution < 1.29 is 9.53 Å². The number of aryl methyl sites for hydroxylation is 1. The SMILES string of the molecule is CCN.CNc1ccccc1/C(N)=C(\C)C=O.COc1ccc(C)cc1Cl. The van der Waals surface area contributed by atoms with Gasteiger partial charge in [0.2, 0.25) is 0 Å². The standard InChI is InChI=1S/C11H14N2O.C8H9ClO.C2H7N/c1-8(7-14)11(12)9-5-3-4-6-10(9)13-2;1-6-3-4-8(10-2)7(9)5-6;1-2-3/h3-7,13H,12H2,1-2H3;3-5H,1-2H3;2-3H2,1H3/b11-8-;;. The third kappa shape index (κ3) is 8.62. The first-order valence-corrected chi connectivity index (χ1v) is 8.92. The van der Waals surface area contributed by atoms with E-state index >= 15 is 0 Å². The van der Waals surface area contributed by atoms with Crippen LogP contribution >= 0.6 is 11.6 Å². The van der Waals surface area contributed by atoms with Gasteiger partial charge >= 0.3 is 0 Å². The lowest BCUT2D eigenvalue weighted by atomic mass is 10.1. The lowest BCUT2D eigenvalue weighted by Crippen LogP contribution is -2.04. The number of hydrogen-bond donors (Lipinski definition) is 3. The summed E-state index contributed by atoms with van der Waals surface area (Å²) in [6.07, 6.45) is 0.766. The smallest absolute Gasteiger partial charge is 0.147 e. The zero-order valence-corrected chi connectivity index (χ0v) is 17.4. The predicted molar refractivity (Wildman–Crippen MR) is 116 cm³/mol. The van der Waals surface area contributed by atoms with Crippen LogP contribution in [0.25, 0.3) is 5.70 Å². The number of carbonyl (C=O) groups excluding carboxylic acids is 1. The lowest BCUT2D eigenvalue weighted by molar-refractivity contribution is -0.104. The van der Waals surface area contributed by atoms with Crippen LogP contribution in [0.3, 0.4) is 0 Å². The highest BCUT2D eigenvalue weighted by molar-refractivity contribution is 6.32. The van der Waals surface area contributed by atoms with Crippen LogP contribution in [0.1, 0.15) is 25.0 Å². The number of anilines is 1. The summed E-state index contributed by atoms with van der Waals surface area (Å²) in [5.41, 5.74) is 14.7. The van der Waals surface area contributed by atoms with E-state index in [-0.39, 0.29) is 0 Å². The molecule has 0 unspecified atom stereocenters. The Balaban J connectivity index is 0.000000455. The number of benzene rings is 2. The summed E-state index contributed by atoms with van der Waals surface area (Å²) in [7, 11) is 3.43. The van der Waals surface area contributed by atoms with Gasteiger partial charge in [-0.25, -0.2) is 0 Å². The molecule has 0 saturated carbocycles. The number of ether oxygens (including phenoxy) is 1. The minimum atomic E-state index is 0.518. The molecule has 0 atom stereocenters. The largest absolute Gasteiger partial charge is 0.495 e. The molecule has 0 heterocycles. The van der Waals surface area contributed by atoms with Gasteiger partial charge in [-0.3, -0.25) is 4.79 Å². The molecule has 5 N–H and O–H groups in total. The van der Waals surface area contributed by atoms with Gasteiger partial charge in [-0.15, -0.1) is 0 Å². The van der Waals surface area contributed by atoms with E-state index < -0.39 is 0 Å². The van der Waals surface area contributed by atoms with Crippen molar-refractivity contribution in [2.24, 2.45) is 11.5 Å². The fourth-order valence-electron chi connectivity index (χ4n) is 1.98. The summed E-state index contributed by atoms with van der Waals surface area (Å²) >= 11 is 5.80. The monoisotopic (exact) mass is 391 g/mol. The Morgan fingerprint density at radius 2 is 1.85 bits per heavy atom. The van der Waals surface area contributed by atoms with Crippen molar-refractivity contribution in [1.82, 2.24) is 0 Å². The zero-order chi connectivity index (χ0) is 20.8. The van der Waals surface area contributed by atoms with Crippen LogP contribution in [0.4, 0.5) is 5.69 Å². The molecule has 5 nitrogen and oxygen atoms in total. The van der Waals surface area contributed by atoms with Gasteiger partial charge in [0.25, 0.3) is 0 Å². The van der Waals surface area contributed by atoms with E-state index in [0.717, 1.165) is 35.4 Å². The van der Waals surface area contributed by atoms with Gasteiger partial charge in [-0.05, 0) is 44.2 Å². The maximum Gasteiger partial charge on any atom is 0.147 e. The number of para-hydroxylation sites is 1. The summed E-state index contributed by atoms with van der Waals surface area (Å²) in [5.74, 6) is 0.729. The predicted octanol–water partition coefficient (Wildman–Crippen LogP) is 4.24. The average Bonchev–Trinajstić information content (AvgIpc) is 2.68. The molecule has 2 aromatic carbocycles. The molecule has 0 aliphatic carbocycles. The summed E-state index contributed by atoms with van der Waals surface area (Å²) in [5, 5.41) is 3.69. The normalized spacial score (nSPS) is 10.3. The van der Waals surface area contributed by atoms with Gasteiger partial charge in [0.15, 0.2) is 0 Å². The first-order valence-electron chi connectivity index (χ1n) is 8.55. The zero-order valence-electron chi connectivity index (χ0n) is 16.7. The fourth-order valence-corrected chi connectivity index (χ4v) is 2.30. The van der Waals surface area contributed by atoms with Crippen molar-refractivity contribution in [1.29, 1.82) is 0 Å². The molecule has 0 amide bonds. The number of halogens is 1. The second-order valence-electron chi connectivity index (χ2n) is 5.56. The van der Waals surface area contributed by atoms with E-state index in [1.165, 1.54) is 0 Å². The molecule has 0 fully saturated rings. The van der Waals surface area contributed by atoms with Gasteiger partial charge < -0.3 is 21.5 Å². The molecule has 0 saturated heterocycles. The highest BCUT2D eigenvalue weighted by atomic mass is 35.5. The van der Waals surface area contributed by atoms with Crippen molar-refractivity contribution in [3.8, 4) is 5.75 Å². The third-order valence-corrected chi connectivity index (χ3v) is 3.69. The number of methoxy groups -OCH3 is 1. The highest BCUT2D eigenvalue weighted by Crippen LogP contribution is 2.24. The van der Waals surface area contributed by atoms with Gasteiger partial charge in [0.1, 0.15) is 12.0 Å². The quantitative estimate of drug-likeness (QED) is 0.535. The van der Waals surface area contributed by atoms with Crippen molar-refractivity contribution in [3.63, 3.8) is 0 Å². The van der Waals surface area contributed by atoms with Crippen molar-refractivity contribution in [2.75, 3.05) is 26.0 Å². The van der Waals surface area contributed by atoms with Crippen LogP contribution in [0.2, 0.25) is 5.02 Å². The van der Waals surface area contributed by atoms with Gasteiger partial charge in [0.05, 0.1) is 12.1 Å². The van der Waals surface area contributed by atoms with E-state index in [1.54, 1.807) is 14.0 Å². The van der Waals surface area contributed by atoms with Crippen molar-refractivity contribution >= 4 is 29.3 Å². The maximum absolute atomic E-state index is 10.6. The van der Waals surface area contributed by atoms with E-state index in [9.17, 15) is 4.79 Å². The summed E-state index contributed by atoms with van der Waals surface area (Å²) in [4.78, 5) is 10.6. The van der Waals surface area contributed by atoms with Crippen LogP contribution in [-0.2, 0) is 4.79 Å². The number of aldehydes is 1. The summed E-state index contributed by atoms with van der Waals surface area (Å²) in [6, 6.07) is 13.3. The second-order valence-corrected chi connectivity index (χ2v) is 5.96. The average molecular weight is 392 g/mol. The van der Waals surface area contributed by atoms with Crippen LogP contribution in [0.5, 0.6) is 5.75 Å². The Labute approximate surface area is 167 Å². The minimum absolute atomic E-state index is 0.518. The number of nitrogens with two attached hydrogens (primary N) is 2. The van der Waals surface area contributed by atoms with E-state index in [0.29, 0.717) is 16.3 Å². The molecule has 0 aliphatic heterocycles. The molecule has 0 bridgehead atoms. The van der Waals surface area contributed by atoms with Gasteiger partial charge in [0, 0.05) is 29.6 Å². The molecule has 2 aromatic rings. The number of nitrogens with one attached hydrogen (secondary N) is 1. The molecule has 27 heavy (non-hydrogen) atoms. The lowest BCUT2D eigenvalue weighted by Gasteiger charge is -2.09. The topological polar surface area (TPSA) is 90.4 Å². The number of allylic oxidation sites excluding steroid dienone is 1. The Bertz CT molecular complexity index is 746. The van der Waals surface area contributed by atoms with E-state index in [4.69, 9.17) is 27.8 Å². The molecular weight excluding hydrogens is 362 g/mol. The Morgan fingerprint density at radius 3 is 2.33 bits per heavy atom. The van der Waals surface area contributed by atoms with Crippen LogP contribution in [-0.4, -0.2) is 27.0 Å². The van der Waals surface area contributed by atoms with Gasteiger partial charge in [-0.1, -0.05) is 42.8 Å².